The van der Waals surface area contributed by atoms with E-state index >= 15 is 0 Å². The van der Waals surface area contributed by atoms with Gasteiger partial charge in [-0.2, -0.15) is 0 Å². The summed E-state index contributed by atoms with van der Waals surface area (Å²) < 4.78 is 42.3. The molecule has 51 heavy (non-hydrogen) atoms. The van der Waals surface area contributed by atoms with Gasteiger partial charge < -0.3 is 30.3 Å². The average Bonchev–Trinajstić information content (AvgIpc) is 3.72. The molecule has 2 fully saturated rings. The smallest absolute Gasteiger partial charge is 0.240 e. The second kappa shape index (κ2) is 15.5. The first-order valence-electron chi connectivity index (χ1n) is 17.2. The summed E-state index contributed by atoms with van der Waals surface area (Å²) >= 11 is 0. The maximum atomic E-state index is 13.5. The number of methoxy groups -OCH3 is 1. The lowest BCUT2D eigenvalue weighted by Gasteiger charge is -2.23. The summed E-state index contributed by atoms with van der Waals surface area (Å²) in [6, 6.07) is 27.3. The molecule has 0 aliphatic carbocycles. The van der Waals surface area contributed by atoms with E-state index in [1.807, 2.05) is 48.5 Å². The van der Waals surface area contributed by atoms with Gasteiger partial charge in [-0.3, -0.25) is 4.57 Å². The van der Waals surface area contributed by atoms with Gasteiger partial charge in [0.05, 0.1) is 24.4 Å². The van der Waals surface area contributed by atoms with Crippen LogP contribution in [-0.2, 0) is 26.0 Å². The maximum Gasteiger partial charge on any atom is 0.240 e. The van der Waals surface area contributed by atoms with E-state index in [4.69, 9.17) is 19.4 Å². The summed E-state index contributed by atoms with van der Waals surface area (Å²) in [6.45, 7) is 2.21. The Morgan fingerprint density at radius 1 is 0.941 bits per heavy atom. The van der Waals surface area contributed by atoms with Crippen molar-refractivity contribution in [1.82, 2.24) is 29.6 Å². The molecule has 2 aliphatic rings. The van der Waals surface area contributed by atoms with E-state index in [0.717, 1.165) is 42.6 Å². The highest BCUT2D eigenvalue weighted by Gasteiger charge is 2.44. The molecular formula is C37H43N7O6S. The number of anilines is 1. The molecule has 14 heteroatoms. The van der Waals surface area contributed by atoms with Crippen LogP contribution in [0.2, 0.25) is 0 Å². The topological polar surface area (TPSA) is 173 Å². The highest BCUT2D eigenvalue weighted by molar-refractivity contribution is 7.89. The second-order valence-electron chi connectivity index (χ2n) is 13.0. The van der Waals surface area contributed by atoms with Crippen LogP contribution in [-0.4, -0.2) is 89.8 Å². The van der Waals surface area contributed by atoms with Crippen molar-refractivity contribution in [2.75, 3.05) is 38.7 Å². The number of hydrogen-bond acceptors (Lipinski definition) is 11. The van der Waals surface area contributed by atoms with Crippen molar-refractivity contribution in [3.63, 3.8) is 0 Å². The van der Waals surface area contributed by atoms with Gasteiger partial charge in [0.1, 0.15) is 24.1 Å². The molecule has 4 unspecified atom stereocenters. The van der Waals surface area contributed by atoms with E-state index in [9.17, 15) is 18.6 Å². The van der Waals surface area contributed by atoms with Gasteiger partial charge >= 0.3 is 0 Å². The van der Waals surface area contributed by atoms with E-state index in [-0.39, 0.29) is 29.8 Å². The van der Waals surface area contributed by atoms with E-state index in [1.165, 1.54) is 18.0 Å². The zero-order chi connectivity index (χ0) is 35.4. The van der Waals surface area contributed by atoms with Crippen LogP contribution in [0.15, 0.2) is 96.2 Å². The first-order chi connectivity index (χ1) is 24.8. The fourth-order valence-corrected chi connectivity index (χ4v) is 7.91. The number of sulfonamides is 1. The van der Waals surface area contributed by atoms with E-state index in [2.05, 4.69) is 44.6 Å². The summed E-state index contributed by atoms with van der Waals surface area (Å²) in [6.07, 6.45) is -0.757. The number of aromatic nitrogens is 4. The predicted octanol–water partition coefficient (Wildman–Crippen LogP) is 3.28. The predicted molar refractivity (Wildman–Crippen MR) is 192 cm³/mol. The first-order valence-corrected chi connectivity index (χ1v) is 18.7. The number of piperidine rings is 1. The van der Waals surface area contributed by atoms with Gasteiger partial charge in [-0.05, 0) is 60.7 Å². The third-order valence-electron chi connectivity index (χ3n) is 9.71. The molecule has 268 valence electrons. The SMILES string of the molecule is COCC1OC(n2cnc3c(NCC(c4ccccc4)c4ccccc4)nc(CNS(=O)(=O)c4ccc(C5CCNCC5)cc4)nc32)C(O)C1O. The zero-order valence-electron chi connectivity index (χ0n) is 28.3. The number of fused-ring (bicyclic) bond motifs is 1. The Hall–Kier alpha value is -4.28. The molecule has 0 radical (unpaired) electrons. The van der Waals surface area contributed by atoms with Crippen molar-refractivity contribution >= 4 is 27.0 Å². The van der Waals surface area contributed by atoms with Crippen molar-refractivity contribution in [2.24, 2.45) is 0 Å². The third-order valence-corrected chi connectivity index (χ3v) is 11.1. The number of rotatable bonds is 13. The van der Waals surface area contributed by atoms with Crippen LogP contribution in [0.4, 0.5) is 5.82 Å². The summed E-state index contributed by atoms with van der Waals surface area (Å²) in [5, 5.41) is 28.4. The molecule has 2 aliphatic heterocycles. The lowest BCUT2D eigenvalue weighted by atomic mass is 9.90. The van der Waals surface area contributed by atoms with Crippen molar-refractivity contribution < 1.29 is 28.1 Å². The number of aliphatic hydroxyl groups excluding tert-OH is 2. The Labute approximate surface area is 297 Å². The molecule has 4 atom stereocenters. The summed E-state index contributed by atoms with van der Waals surface area (Å²) in [5.41, 5.74) is 4.04. The average molecular weight is 714 g/mol. The summed E-state index contributed by atoms with van der Waals surface area (Å²) in [4.78, 5) is 14.2. The molecule has 2 aromatic heterocycles. The second-order valence-corrected chi connectivity index (χ2v) is 14.8. The first kappa shape index (κ1) is 35.1. The quantitative estimate of drug-likeness (QED) is 0.121. The van der Waals surface area contributed by atoms with E-state index in [0.29, 0.717) is 29.4 Å². The normalized spacial score (nSPS) is 21.4. The Kier molecular flexibility index (Phi) is 10.7. The third kappa shape index (κ3) is 7.67. The molecule has 5 N–H and O–H groups in total. The van der Waals surface area contributed by atoms with Crippen LogP contribution in [0.3, 0.4) is 0 Å². The monoisotopic (exact) mass is 713 g/mol. The van der Waals surface area contributed by atoms with E-state index in [1.54, 1.807) is 12.1 Å². The maximum absolute atomic E-state index is 13.5. The van der Waals surface area contributed by atoms with Crippen LogP contribution in [0.1, 0.15) is 53.4 Å². The Morgan fingerprint density at radius 3 is 2.25 bits per heavy atom. The standard InChI is InChI=1S/C37H43N7O6S/c1-49-22-30-33(45)34(46)37(50-30)44-23-40-32-35(39-20-29(26-8-4-2-5-9-26)27-10-6-3-7-11-27)42-31(43-36(32)44)21-41-51(47,48)28-14-12-24(13-15-28)25-16-18-38-19-17-25/h2-15,23,25,29-30,33-34,37-38,41,45-46H,16-22H2,1H3,(H,39,42,43). The van der Waals surface area contributed by atoms with Crippen LogP contribution in [0.25, 0.3) is 11.2 Å². The molecule has 2 saturated heterocycles. The zero-order valence-corrected chi connectivity index (χ0v) is 29.1. The van der Waals surface area contributed by atoms with Gasteiger partial charge in [0, 0.05) is 19.6 Å². The molecule has 5 aromatic rings. The largest absolute Gasteiger partial charge is 0.387 e. The number of ether oxygens (including phenoxy) is 2. The van der Waals surface area contributed by atoms with Crippen molar-refractivity contribution in [3.8, 4) is 0 Å². The van der Waals surface area contributed by atoms with Crippen molar-refractivity contribution in [1.29, 1.82) is 0 Å². The lowest BCUT2D eigenvalue weighted by molar-refractivity contribution is -0.0580. The Balaban J connectivity index is 1.19. The van der Waals surface area contributed by atoms with E-state index < -0.39 is 34.6 Å². The Bertz CT molecular complexity index is 1970. The van der Waals surface area contributed by atoms with Crippen molar-refractivity contribution in [3.05, 3.63) is 114 Å². The van der Waals surface area contributed by atoms with Gasteiger partial charge in [0.2, 0.25) is 10.0 Å². The molecule has 4 heterocycles. The lowest BCUT2D eigenvalue weighted by Crippen LogP contribution is -2.33. The van der Waals surface area contributed by atoms with Crippen LogP contribution in [0.5, 0.6) is 0 Å². The molecule has 13 nitrogen and oxygen atoms in total. The summed E-state index contributed by atoms with van der Waals surface area (Å²) in [7, 11) is -2.42. The molecule has 0 spiro atoms. The van der Waals surface area contributed by atoms with Crippen LogP contribution >= 0.6 is 0 Å². The minimum atomic E-state index is -3.91. The number of nitrogens with one attached hydrogen (secondary N) is 3. The van der Waals surface area contributed by atoms with Gasteiger partial charge in [-0.25, -0.2) is 28.1 Å². The molecule has 0 amide bonds. The molecule has 7 rings (SSSR count). The highest BCUT2D eigenvalue weighted by Crippen LogP contribution is 2.33. The number of imidazole rings is 1. The Morgan fingerprint density at radius 2 is 1.61 bits per heavy atom. The molecule has 0 bridgehead atoms. The molecular weight excluding hydrogens is 671 g/mol. The fourth-order valence-electron chi connectivity index (χ4n) is 6.93. The number of hydrogen-bond donors (Lipinski definition) is 5. The van der Waals surface area contributed by atoms with Gasteiger partial charge in [-0.15, -0.1) is 0 Å². The van der Waals surface area contributed by atoms with Gasteiger partial charge in [0.25, 0.3) is 0 Å². The summed E-state index contributed by atoms with van der Waals surface area (Å²) in [5.74, 6) is 0.930. The number of benzene rings is 3. The number of nitrogens with zero attached hydrogens (tertiary/aromatic N) is 4. The van der Waals surface area contributed by atoms with Gasteiger partial charge in [-0.1, -0.05) is 72.8 Å². The highest BCUT2D eigenvalue weighted by atomic mass is 32.2. The number of aliphatic hydroxyl groups is 2. The molecule has 3 aromatic carbocycles. The molecule has 0 saturated carbocycles. The fraction of sp³-hybridized carbons (Fsp3) is 0.378. The van der Waals surface area contributed by atoms with Crippen LogP contribution in [0, 0.1) is 0 Å². The van der Waals surface area contributed by atoms with Crippen molar-refractivity contribution in [2.45, 2.75) is 60.7 Å². The van der Waals surface area contributed by atoms with Crippen LogP contribution < -0.4 is 15.4 Å². The minimum Gasteiger partial charge on any atom is -0.387 e. The van der Waals surface area contributed by atoms with Gasteiger partial charge in [0.15, 0.2) is 23.2 Å². The minimum absolute atomic E-state index is 0.0424.